The van der Waals surface area contributed by atoms with E-state index in [-0.39, 0.29) is 18.5 Å². The number of carbonyl (C=O) groups is 2. The van der Waals surface area contributed by atoms with Gasteiger partial charge in [-0.15, -0.1) is 0 Å². The number of hydrogen-bond donors (Lipinski definition) is 3. The number of carbonyl (C=O) groups excluding carboxylic acids is 2. The maximum atomic E-state index is 12.5. The average molecular weight is 1160 g/mol. The topological polar surface area (TPSA) is 95.9 Å². The molecule has 82 heavy (non-hydrogen) atoms. The van der Waals surface area contributed by atoms with Crippen LogP contribution in [0, 0.1) is 0 Å². The molecule has 0 radical (unpaired) electrons. The van der Waals surface area contributed by atoms with Crippen molar-refractivity contribution >= 4 is 11.9 Å². The lowest BCUT2D eigenvalue weighted by atomic mass is 10.0. The largest absolute Gasteiger partial charge is 0.466 e. The van der Waals surface area contributed by atoms with Gasteiger partial charge in [0.05, 0.1) is 25.4 Å². The van der Waals surface area contributed by atoms with Crippen molar-refractivity contribution < 1.29 is 24.5 Å². The molecule has 0 spiro atoms. The third-order valence-corrected chi connectivity index (χ3v) is 18.1. The van der Waals surface area contributed by atoms with E-state index < -0.39 is 12.1 Å². The minimum Gasteiger partial charge on any atom is -0.466 e. The van der Waals surface area contributed by atoms with Crippen molar-refractivity contribution in [2.45, 2.75) is 450 Å². The highest BCUT2D eigenvalue weighted by Gasteiger charge is 2.20. The lowest BCUT2D eigenvalue weighted by Crippen LogP contribution is -2.45. The molecule has 0 fully saturated rings. The Morgan fingerprint density at radius 2 is 0.573 bits per heavy atom. The number of nitrogens with one attached hydrogen (secondary N) is 1. The third-order valence-electron chi connectivity index (χ3n) is 18.1. The van der Waals surface area contributed by atoms with E-state index in [9.17, 15) is 19.8 Å². The Bertz CT molecular complexity index is 1240. The first-order valence-electron chi connectivity index (χ1n) is 37.9. The molecule has 0 aliphatic heterocycles. The molecule has 488 valence electrons. The number of aliphatic hydroxyl groups excluding tert-OH is 2. The van der Waals surface area contributed by atoms with Crippen molar-refractivity contribution in [2.75, 3.05) is 13.2 Å². The molecular weight excluding hydrogens is 1010 g/mol. The van der Waals surface area contributed by atoms with Gasteiger partial charge in [-0.25, -0.2) is 0 Å². The summed E-state index contributed by atoms with van der Waals surface area (Å²) >= 11 is 0. The summed E-state index contributed by atoms with van der Waals surface area (Å²) in [5, 5.41) is 23.4. The van der Waals surface area contributed by atoms with Crippen molar-refractivity contribution in [3.8, 4) is 0 Å². The van der Waals surface area contributed by atoms with Gasteiger partial charge in [0.15, 0.2) is 0 Å². The number of aliphatic hydroxyl groups is 2. The van der Waals surface area contributed by atoms with Crippen molar-refractivity contribution in [1.29, 1.82) is 0 Å². The van der Waals surface area contributed by atoms with Gasteiger partial charge in [-0.1, -0.05) is 386 Å². The number of rotatable bonds is 72. The summed E-state index contributed by atoms with van der Waals surface area (Å²) in [5.74, 6) is -0.00752. The van der Waals surface area contributed by atoms with Gasteiger partial charge in [0.2, 0.25) is 5.91 Å². The van der Waals surface area contributed by atoms with Crippen molar-refractivity contribution in [3.63, 3.8) is 0 Å². The van der Waals surface area contributed by atoms with Gasteiger partial charge in [0, 0.05) is 12.8 Å². The van der Waals surface area contributed by atoms with Gasteiger partial charge >= 0.3 is 5.97 Å². The van der Waals surface area contributed by atoms with Crippen LogP contribution in [-0.2, 0) is 14.3 Å². The maximum Gasteiger partial charge on any atom is 0.305 e. The van der Waals surface area contributed by atoms with Crippen LogP contribution in [0.5, 0.6) is 0 Å². The van der Waals surface area contributed by atoms with Gasteiger partial charge in [0.25, 0.3) is 0 Å². The van der Waals surface area contributed by atoms with Crippen molar-refractivity contribution in [1.82, 2.24) is 5.32 Å². The van der Waals surface area contributed by atoms with Crippen LogP contribution in [0.3, 0.4) is 0 Å². The smallest absolute Gasteiger partial charge is 0.305 e. The number of esters is 1. The highest BCUT2D eigenvalue weighted by atomic mass is 16.5. The summed E-state index contributed by atoms with van der Waals surface area (Å²) < 4.78 is 5.51. The monoisotopic (exact) mass is 1160 g/mol. The number of hydrogen-bond acceptors (Lipinski definition) is 5. The van der Waals surface area contributed by atoms with E-state index in [1.165, 1.54) is 366 Å². The molecule has 6 heteroatoms. The molecule has 0 saturated carbocycles. The molecule has 0 heterocycles. The van der Waals surface area contributed by atoms with E-state index in [0.29, 0.717) is 25.9 Å². The van der Waals surface area contributed by atoms with Crippen LogP contribution >= 0.6 is 0 Å². The van der Waals surface area contributed by atoms with Gasteiger partial charge in [-0.3, -0.25) is 9.59 Å². The number of amides is 1. The molecule has 0 rings (SSSR count). The van der Waals surface area contributed by atoms with Gasteiger partial charge < -0.3 is 20.3 Å². The molecule has 0 aliphatic carbocycles. The van der Waals surface area contributed by atoms with Gasteiger partial charge in [0.1, 0.15) is 0 Å². The Hall–Kier alpha value is -1.40. The Morgan fingerprint density at radius 3 is 0.866 bits per heavy atom. The summed E-state index contributed by atoms with van der Waals surface area (Å²) in [6, 6.07) is -0.541. The summed E-state index contributed by atoms with van der Waals surface area (Å²) in [7, 11) is 0. The normalized spacial score (nSPS) is 12.5. The highest BCUT2D eigenvalue weighted by molar-refractivity contribution is 5.76. The second kappa shape index (κ2) is 72.1. The molecule has 2 atom stereocenters. The van der Waals surface area contributed by atoms with Crippen LogP contribution in [-0.4, -0.2) is 47.4 Å². The second-order valence-corrected chi connectivity index (χ2v) is 26.3. The molecule has 0 aliphatic rings. The minimum absolute atomic E-state index is 0.0217. The zero-order valence-corrected chi connectivity index (χ0v) is 56.0. The zero-order chi connectivity index (χ0) is 59.2. The number of unbranched alkanes of at least 4 members (excludes halogenated alkanes) is 59. The SMILES string of the molecule is CCCCCCCCCCCCCCCCCCCCCC(O)C(CO)NC(=O)CCCCCCCCCCCCCCC/C=C\CCCCCCCCCCCCCCOC(=O)CCCCCCCCCCCCCCCCCCC. The molecule has 0 aromatic heterocycles. The van der Waals surface area contributed by atoms with E-state index in [2.05, 4.69) is 31.3 Å². The summed E-state index contributed by atoms with van der Waals surface area (Å²) in [6.07, 6.45) is 90.0. The van der Waals surface area contributed by atoms with E-state index in [1.54, 1.807) is 0 Å². The quantitative estimate of drug-likeness (QED) is 0.0320. The first-order chi connectivity index (χ1) is 40.5. The van der Waals surface area contributed by atoms with Crippen LogP contribution < -0.4 is 5.32 Å². The van der Waals surface area contributed by atoms with Gasteiger partial charge in [-0.05, 0) is 51.4 Å². The molecule has 1 amide bonds. The summed E-state index contributed by atoms with van der Waals surface area (Å²) in [4.78, 5) is 24.7. The van der Waals surface area contributed by atoms with E-state index in [0.717, 1.165) is 38.5 Å². The van der Waals surface area contributed by atoms with E-state index >= 15 is 0 Å². The van der Waals surface area contributed by atoms with E-state index in [1.807, 2.05) is 0 Å². The fourth-order valence-electron chi connectivity index (χ4n) is 12.3. The van der Waals surface area contributed by atoms with Crippen LogP contribution in [0.25, 0.3) is 0 Å². The predicted octanol–water partition coefficient (Wildman–Crippen LogP) is 24.7. The summed E-state index contributed by atoms with van der Waals surface area (Å²) in [5.41, 5.74) is 0. The molecule has 0 saturated heterocycles. The Morgan fingerprint density at radius 1 is 0.329 bits per heavy atom. The molecule has 0 aromatic rings. The Balaban J connectivity index is 3.35. The Labute approximate surface area is 514 Å². The average Bonchev–Trinajstić information content (AvgIpc) is 3.48. The van der Waals surface area contributed by atoms with E-state index in [4.69, 9.17) is 4.74 Å². The van der Waals surface area contributed by atoms with Crippen LogP contribution in [0.4, 0.5) is 0 Å². The zero-order valence-electron chi connectivity index (χ0n) is 56.0. The molecule has 0 bridgehead atoms. The molecule has 6 nitrogen and oxygen atoms in total. The Kier molecular flexibility index (Phi) is 70.8. The standard InChI is InChI=1S/C76H149NO5/c1-3-5-7-9-11-13-15-17-19-21-33-37-40-44-48-52-56-60-64-68-74(79)73(72-78)77-75(80)69-65-61-57-53-49-45-41-38-34-31-29-27-25-23-22-24-26-28-30-32-35-39-43-47-51-55-59-63-67-71-82-76(81)70-66-62-58-54-50-46-42-36-20-18-16-14-12-10-8-6-4-2/h22,24,73-74,78-79H,3-21,23,25-72H2,1-2H3,(H,77,80)/b24-22-. The fraction of sp³-hybridized carbons (Fsp3) is 0.947. The van der Waals surface area contributed by atoms with Crippen molar-refractivity contribution in [3.05, 3.63) is 12.2 Å². The number of ether oxygens (including phenoxy) is 1. The minimum atomic E-state index is -0.664. The van der Waals surface area contributed by atoms with Crippen LogP contribution in [0.2, 0.25) is 0 Å². The fourth-order valence-corrected chi connectivity index (χ4v) is 12.3. The third kappa shape index (κ3) is 67.7. The van der Waals surface area contributed by atoms with Crippen LogP contribution in [0.15, 0.2) is 12.2 Å². The second-order valence-electron chi connectivity index (χ2n) is 26.3. The van der Waals surface area contributed by atoms with Crippen LogP contribution in [0.1, 0.15) is 438 Å². The predicted molar refractivity (Wildman–Crippen MR) is 361 cm³/mol. The number of allylic oxidation sites excluding steroid dienone is 2. The maximum absolute atomic E-state index is 12.5. The highest BCUT2D eigenvalue weighted by Crippen LogP contribution is 2.20. The molecule has 3 N–H and O–H groups in total. The van der Waals surface area contributed by atoms with Gasteiger partial charge in [-0.2, -0.15) is 0 Å². The first kappa shape index (κ1) is 80.6. The lowest BCUT2D eigenvalue weighted by Gasteiger charge is -2.22. The molecule has 0 aromatic carbocycles. The summed E-state index contributed by atoms with van der Waals surface area (Å²) in [6.45, 7) is 5.01. The molecular formula is C76H149NO5. The lowest BCUT2D eigenvalue weighted by molar-refractivity contribution is -0.143. The first-order valence-corrected chi connectivity index (χ1v) is 37.9. The molecule has 2 unspecified atom stereocenters. The van der Waals surface area contributed by atoms with Crippen molar-refractivity contribution in [2.24, 2.45) is 0 Å².